The lowest BCUT2D eigenvalue weighted by Crippen LogP contribution is -2.51. The zero-order chi connectivity index (χ0) is 34.7. The molecule has 2 saturated heterocycles. The summed E-state index contributed by atoms with van der Waals surface area (Å²) in [6.45, 7) is 8.33. The number of rotatable bonds is 14. The van der Waals surface area contributed by atoms with E-state index < -0.39 is 40.7 Å². The van der Waals surface area contributed by atoms with Crippen molar-refractivity contribution in [1.82, 2.24) is 14.8 Å². The van der Waals surface area contributed by atoms with Gasteiger partial charge in [-0.05, 0) is 62.4 Å². The summed E-state index contributed by atoms with van der Waals surface area (Å²) in [6.07, 6.45) is -2.06. The Morgan fingerprint density at radius 2 is 1.86 bits per heavy atom. The number of benzene rings is 2. The Labute approximate surface area is 285 Å². The molecule has 3 aromatic rings. The summed E-state index contributed by atoms with van der Waals surface area (Å²) < 4.78 is 67.9. The maximum absolute atomic E-state index is 13.9. The van der Waals surface area contributed by atoms with Crippen molar-refractivity contribution in [2.24, 2.45) is 11.8 Å². The first-order valence-corrected chi connectivity index (χ1v) is 17.8. The molecule has 0 radical (unpaired) electrons. The molecule has 5 atom stereocenters. The van der Waals surface area contributed by atoms with E-state index in [1.807, 2.05) is 39.8 Å². The van der Waals surface area contributed by atoms with E-state index in [1.54, 1.807) is 18.2 Å². The Bertz CT molecular complexity index is 1690. The lowest BCUT2D eigenvalue weighted by molar-refractivity contribution is -0.0907. The van der Waals surface area contributed by atoms with Crippen LogP contribution < -0.4 is 19.5 Å². The van der Waals surface area contributed by atoms with Gasteiger partial charge in [0.05, 0.1) is 47.4 Å². The number of fused-ring (bicyclic) bond motifs is 2. The van der Waals surface area contributed by atoms with Gasteiger partial charge in [0.15, 0.2) is 17.8 Å². The standard InChI is InChI=1S/C34H43N3O11S/c1-20(2)15-37(49(40,41)25-9-10-30-31(14-25)46-19-45-30)16-29(38)28(35-34(39)47-32-18-44-33-26(32)11-12-42-33)13-23-5-7-24(8-6-23)43-17-27-21(3)36-48-22(27)4/h5-10,14,20,26,28-29,32-33,38H,11-13,15-19H2,1-4H3,(H,35,39)/t26?,28-,29+,32?,33?/m0/s1. The highest BCUT2D eigenvalue weighted by Crippen LogP contribution is 2.35. The van der Waals surface area contributed by atoms with Crippen LogP contribution in [0.3, 0.4) is 0 Å². The van der Waals surface area contributed by atoms with Crippen molar-refractivity contribution < 1.29 is 51.3 Å². The molecule has 6 rings (SSSR count). The lowest BCUT2D eigenvalue weighted by Gasteiger charge is -2.31. The van der Waals surface area contributed by atoms with Crippen LogP contribution in [-0.4, -0.2) is 86.7 Å². The maximum Gasteiger partial charge on any atom is 0.407 e. The first-order valence-electron chi connectivity index (χ1n) is 16.4. The number of alkyl carbamates (subject to hydrolysis) is 1. The minimum absolute atomic E-state index is 0.00638. The van der Waals surface area contributed by atoms with Gasteiger partial charge in [0.1, 0.15) is 24.2 Å². The number of carbonyl (C=O) groups excluding carboxylic acids is 1. The molecule has 2 aromatic carbocycles. The molecule has 15 heteroatoms. The molecule has 49 heavy (non-hydrogen) atoms. The van der Waals surface area contributed by atoms with Crippen molar-refractivity contribution in [2.45, 2.75) is 76.6 Å². The molecule has 0 spiro atoms. The Kier molecular flexibility index (Phi) is 10.6. The highest BCUT2D eigenvalue weighted by Gasteiger charge is 2.44. The lowest BCUT2D eigenvalue weighted by atomic mass is 10.0. The predicted octanol–water partition coefficient (Wildman–Crippen LogP) is 3.71. The van der Waals surface area contributed by atoms with Crippen LogP contribution >= 0.6 is 0 Å². The molecule has 4 heterocycles. The zero-order valence-corrected chi connectivity index (χ0v) is 28.8. The number of amides is 1. The van der Waals surface area contributed by atoms with E-state index in [1.165, 1.54) is 16.4 Å². The van der Waals surface area contributed by atoms with Gasteiger partial charge in [0, 0.05) is 19.2 Å². The van der Waals surface area contributed by atoms with Gasteiger partial charge < -0.3 is 43.4 Å². The van der Waals surface area contributed by atoms with E-state index in [0.29, 0.717) is 36.0 Å². The van der Waals surface area contributed by atoms with Gasteiger partial charge in [0.2, 0.25) is 16.8 Å². The minimum atomic E-state index is -4.08. The number of aliphatic hydroxyl groups excluding tert-OH is 1. The van der Waals surface area contributed by atoms with Crippen molar-refractivity contribution in [2.75, 3.05) is 33.1 Å². The SMILES string of the molecule is Cc1noc(C)c1COc1ccc(C[C@H](NC(=O)OC2COC3OCCC23)[C@H](O)CN(CC(C)C)S(=O)(=O)c2ccc3c(c2)OCO3)cc1. The van der Waals surface area contributed by atoms with Gasteiger partial charge in [0.25, 0.3) is 0 Å². The third-order valence-electron chi connectivity index (χ3n) is 8.90. The number of ether oxygens (including phenoxy) is 6. The van der Waals surface area contributed by atoms with E-state index >= 15 is 0 Å². The third kappa shape index (κ3) is 8.13. The van der Waals surface area contributed by atoms with Gasteiger partial charge in [-0.2, -0.15) is 4.31 Å². The third-order valence-corrected chi connectivity index (χ3v) is 10.7. The first kappa shape index (κ1) is 35.0. The summed E-state index contributed by atoms with van der Waals surface area (Å²) in [5.41, 5.74) is 2.41. The number of carbonyl (C=O) groups is 1. The number of aryl methyl sites for hydroxylation is 2. The summed E-state index contributed by atoms with van der Waals surface area (Å²) in [7, 11) is -4.08. The highest BCUT2D eigenvalue weighted by molar-refractivity contribution is 7.89. The second-order valence-corrected chi connectivity index (χ2v) is 14.9. The molecule has 0 aliphatic carbocycles. The second kappa shape index (κ2) is 14.9. The molecule has 3 aliphatic rings. The average molecular weight is 702 g/mol. The van der Waals surface area contributed by atoms with Crippen molar-refractivity contribution in [3.05, 3.63) is 65.0 Å². The fourth-order valence-corrected chi connectivity index (χ4v) is 7.83. The van der Waals surface area contributed by atoms with E-state index in [-0.39, 0.29) is 56.2 Å². The topological polar surface area (TPSA) is 168 Å². The quantitative estimate of drug-likeness (QED) is 0.251. The van der Waals surface area contributed by atoms with Gasteiger partial charge >= 0.3 is 6.09 Å². The smallest absolute Gasteiger partial charge is 0.407 e. The molecule has 3 aliphatic heterocycles. The molecular formula is C34H43N3O11S. The summed E-state index contributed by atoms with van der Waals surface area (Å²) >= 11 is 0. The Hall–Kier alpha value is -3.89. The van der Waals surface area contributed by atoms with Crippen LogP contribution in [0.2, 0.25) is 0 Å². The fraction of sp³-hybridized carbons (Fsp3) is 0.529. The van der Waals surface area contributed by atoms with Crippen LogP contribution in [0.1, 0.15) is 42.8 Å². The van der Waals surface area contributed by atoms with Gasteiger partial charge in [-0.25, -0.2) is 13.2 Å². The van der Waals surface area contributed by atoms with Crippen LogP contribution in [0.5, 0.6) is 17.2 Å². The molecule has 0 bridgehead atoms. The second-order valence-electron chi connectivity index (χ2n) is 13.0. The monoisotopic (exact) mass is 701 g/mol. The van der Waals surface area contributed by atoms with E-state index in [9.17, 15) is 18.3 Å². The number of nitrogens with zero attached hydrogens (tertiary/aromatic N) is 2. The first-order chi connectivity index (χ1) is 23.5. The van der Waals surface area contributed by atoms with Crippen LogP contribution in [0.15, 0.2) is 51.9 Å². The molecule has 1 aromatic heterocycles. The molecule has 266 valence electrons. The molecule has 0 saturated carbocycles. The van der Waals surface area contributed by atoms with Crippen LogP contribution in [0.25, 0.3) is 0 Å². The number of hydrogen-bond donors (Lipinski definition) is 2. The van der Waals surface area contributed by atoms with E-state index in [2.05, 4.69) is 10.5 Å². The number of nitrogens with one attached hydrogen (secondary N) is 1. The number of sulfonamides is 1. The van der Waals surface area contributed by atoms with E-state index in [4.69, 9.17) is 32.9 Å². The maximum atomic E-state index is 13.9. The number of aliphatic hydroxyl groups is 1. The van der Waals surface area contributed by atoms with Gasteiger partial charge in [-0.15, -0.1) is 0 Å². The van der Waals surface area contributed by atoms with Gasteiger partial charge in [-0.3, -0.25) is 0 Å². The molecule has 2 fully saturated rings. The Morgan fingerprint density at radius 1 is 1.08 bits per heavy atom. The Morgan fingerprint density at radius 3 is 2.59 bits per heavy atom. The zero-order valence-electron chi connectivity index (χ0n) is 28.0. The Balaban J connectivity index is 1.18. The highest BCUT2D eigenvalue weighted by atomic mass is 32.2. The van der Waals surface area contributed by atoms with Gasteiger partial charge in [-0.1, -0.05) is 31.1 Å². The number of hydrogen-bond acceptors (Lipinski definition) is 12. The molecule has 2 N–H and O–H groups in total. The van der Waals surface area contributed by atoms with Crippen molar-refractivity contribution in [3.63, 3.8) is 0 Å². The predicted molar refractivity (Wildman–Crippen MR) is 174 cm³/mol. The van der Waals surface area contributed by atoms with Crippen LogP contribution in [0, 0.1) is 25.7 Å². The minimum Gasteiger partial charge on any atom is -0.489 e. The molecule has 14 nitrogen and oxygen atoms in total. The van der Waals surface area contributed by atoms with Crippen LogP contribution in [-0.2, 0) is 37.3 Å². The average Bonchev–Trinajstić information content (AvgIpc) is 3.87. The largest absolute Gasteiger partial charge is 0.489 e. The molecule has 1 amide bonds. The number of aromatic nitrogens is 1. The molecular weight excluding hydrogens is 658 g/mol. The fourth-order valence-electron chi connectivity index (χ4n) is 6.19. The summed E-state index contributed by atoms with van der Waals surface area (Å²) in [5.74, 6) is 1.96. The van der Waals surface area contributed by atoms with Crippen molar-refractivity contribution in [1.29, 1.82) is 0 Å². The van der Waals surface area contributed by atoms with E-state index in [0.717, 1.165) is 16.8 Å². The summed E-state index contributed by atoms with van der Waals surface area (Å²) in [5, 5.41) is 18.4. The summed E-state index contributed by atoms with van der Waals surface area (Å²) in [4.78, 5) is 13.3. The van der Waals surface area contributed by atoms with Crippen LogP contribution in [0.4, 0.5) is 4.79 Å². The van der Waals surface area contributed by atoms with Crippen molar-refractivity contribution in [3.8, 4) is 17.2 Å². The summed E-state index contributed by atoms with van der Waals surface area (Å²) in [6, 6.07) is 10.8. The van der Waals surface area contributed by atoms with Crippen molar-refractivity contribution >= 4 is 16.1 Å². The normalized spacial score (nSPS) is 21.2. The molecule has 3 unspecified atom stereocenters.